The molecule has 2 amide bonds. The Kier molecular flexibility index (Phi) is 7.67. The molecule has 7 nitrogen and oxygen atoms in total. The van der Waals surface area contributed by atoms with Gasteiger partial charge in [0.25, 0.3) is 5.91 Å². The van der Waals surface area contributed by atoms with Crippen molar-refractivity contribution in [2.24, 2.45) is 0 Å². The molecule has 0 aromatic carbocycles. The van der Waals surface area contributed by atoms with Gasteiger partial charge < -0.3 is 20.3 Å². The number of hydrogen-bond donors (Lipinski definition) is 2. The number of rotatable bonds is 4. The highest BCUT2D eigenvalue weighted by atomic mass is 35.5. The first-order valence-electron chi connectivity index (χ1n) is 9.43. The van der Waals surface area contributed by atoms with Gasteiger partial charge in [-0.2, -0.15) is 0 Å². The van der Waals surface area contributed by atoms with E-state index in [0.29, 0.717) is 0 Å². The van der Waals surface area contributed by atoms with E-state index in [4.69, 9.17) is 4.74 Å². The van der Waals surface area contributed by atoms with Crippen LogP contribution in [0.25, 0.3) is 0 Å². The van der Waals surface area contributed by atoms with Gasteiger partial charge in [0, 0.05) is 24.0 Å². The molecule has 2 atom stereocenters. The van der Waals surface area contributed by atoms with E-state index >= 15 is 0 Å². The molecule has 0 radical (unpaired) electrons. The molecule has 1 aromatic rings. The zero-order chi connectivity index (χ0) is 18.1. The maximum absolute atomic E-state index is 13.1. The third-order valence-corrected chi connectivity index (χ3v) is 5.62. The molecule has 3 aliphatic rings. The third-order valence-electron chi connectivity index (χ3n) is 5.62. The van der Waals surface area contributed by atoms with Gasteiger partial charge in [-0.1, -0.05) is 6.07 Å². The second-order valence-corrected chi connectivity index (χ2v) is 7.79. The summed E-state index contributed by atoms with van der Waals surface area (Å²) in [6.07, 6.45) is 6.46. The number of amides is 2. The van der Waals surface area contributed by atoms with Crippen molar-refractivity contribution in [2.45, 2.75) is 56.3 Å². The molecule has 4 rings (SSSR count). The van der Waals surface area contributed by atoms with Crippen molar-refractivity contribution in [3.8, 4) is 0 Å². The molecule has 1 saturated carbocycles. The largest absolute Gasteiger partial charge is 0.356 e. The monoisotopic (exact) mass is 430 g/mol. The summed E-state index contributed by atoms with van der Waals surface area (Å²) < 4.78 is 5.77. The molecule has 0 unspecified atom stereocenters. The standard InChI is InChI=1S/C19H26N4O3.2ClH/c1-19(6-9-20-10-7-19)22-18(25)17-16(13-3-2-8-21-11-13)23(14-4-5-14)15(24)12-26-17;;/h2-3,8,11,14,16-17,20H,4-7,9-10,12H2,1H3,(H,22,25);2*1H/t16-,17+;;/m1../s1. The first-order chi connectivity index (χ1) is 12.6. The highest BCUT2D eigenvalue weighted by Gasteiger charge is 2.48. The number of aromatic nitrogens is 1. The predicted molar refractivity (Wildman–Crippen MR) is 110 cm³/mol. The number of nitrogens with zero attached hydrogens (tertiary/aromatic N) is 2. The fourth-order valence-electron chi connectivity index (χ4n) is 3.99. The number of nitrogens with one attached hydrogen (secondary N) is 2. The number of morpholine rings is 1. The van der Waals surface area contributed by atoms with Gasteiger partial charge in [0.2, 0.25) is 5.91 Å². The molecule has 9 heteroatoms. The van der Waals surface area contributed by atoms with Gasteiger partial charge in [-0.05, 0) is 57.3 Å². The normalized spacial score (nSPS) is 26.6. The lowest BCUT2D eigenvalue weighted by Crippen LogP contribution is -2.60. The minimum atomic E-state index is -0.704. The summed E-state index contributed by atoms with van der Waals surface area (Å²) in [6, 6.07) is 3.55. The number of halogens is 2. The minimum absolute atomic E-state index is 0. The van der Waals surface area contributed by atoms with Crippen molar-refractivity contribution < 1.29 is 14.3 Å². The number of ether oxygens (including phenoxy) is 1. The molecular weight excluding hydrogens is 403 g/mol. The van der Waals surface area contributed by atoms with E-state index in [-0.39, 0.29) is 54.8 Å². The van der Waals surface area contributed by atoms with E-state index in [1.807, 2.05) is 17.0 Å². The Morgan fingerprint density at radius 1 is 1.32 bits per heavy atom. The van der Waals surface area contributed by atoms with Gasteiger partial charge in [0.05, 0.1) is 6.04 Å². The Hall–Kier alpha value is -1.41. The number of hydrogen-bond acceptors (Lipinski definition) is 5. The quantitative estimate of drug-likeness (QED) is 0.757. The van der Waals surface area contributed by atoms with Crippen molar-refractivity contribution >= 4 is 36.6 Å². The van der Waals surface area contributed by atoms with Crippen LogP contribution in [0, 0.1) is 0 Å². The fourth-order valence-corrected chi connectivity index (χ4v) is 3.99. The molecular formula is C19H28Cl2N4O3. The molecule has 2 saturated heterocycles. The summed E-state index contributed by atoms with van der Waals surface area (Å²) in [5, 5.41) is 6.52. The van der Waals surface area contributed by atoms with Gasteiger partial charge in [-0.25, -0.2) is 0 Å². The van der Waals surface area contributed by atoms with E-state index in [1.54, 1.807) is 12.4 Å². The van der Waals surface area contributed by atoms with Crippen LogP contribution in [0.15, 0.2) is 24.5 Å². The highest BCUT2D eigenvalue weighted by molar-refractivity contribution is 5.87. The van der Waals surface area contributed by atoms with Crippen molar-refractivity contribution in [3.05, 3.63) is 30.1 Å². The highest BCUT2D eigenvalue weighted by Crippen LogP contribution is 2.39. The van der Waals surface area contributed by atoms with Gasteiger partial charge in [0.1, 0.15) is 6.61 Å². The average Bonchev–Trinajstić information content (AvgIpc) is 3.47. The molecule has 3 fully saturated rings. The zero-order valence-electron chi connectivity index (χ0n) is 15.9. The summed E-state index contributed by atoms with van der Waals surface area (Å²) in [5.74, 6) is -0.181. The van der Waals surface area contributed by atoms with Crippen LogP contribution in [0.4, 0.5) is 0 Å². The number of piperidine rings is 1. The minimum Gasteiger partial charge on any atom is -0.356 e. The third kappa shape index (κ3) is 4.76. The number of pyridine rings is 1. The molecule has 2 aliphatic heterocycles. The second-order valence-electron chi connectivity index (χ2n) is 7.79. The smallest absolute Gasteiger partial charge is 0.252 e. The van der Waals surface area contributed by atoms with Gasteiger partial charge in [-0.15, -0.1) is 24.8 Å². The Bertz CT molecular complexity index is 681. The molecule has 1 aromatic heterocycles. The SMILES string of the molecule is CC1(NC(=O)[C@H]2OCC(=O)N(C3CC3)[C@@H]2c2cccnc2)CCNCC1.Cl.Cl. The van der Waals surface area contributed by atoms with Crippen molar-refractivity contribution in [1.29, 1.82) is 0 Å². The maximum atomic E-state index is 13.1. The lowest BCUT2D eigenvalue weighted by molar-refractivity contribution is -0.166. The molecule has 3 heterocycles. The number of carbonyl (C=O) groups excluding carboxylic acids is 2. The van der Waals surface area contributed by atoms with Crippen molar-refractivity contribution in [3.63, 3.8) is 0 Å². The van der Waals surface area contributed by atoms with E-state index < -0.39 is 12.1 Å². The summed E-state index contributed by atoms with van der Waals surface area (Å²) >= 11 is 0. The van der Waals surface area contributed by atoms with Crippen LogP contribution in [-0.4, -0.2) is 59.1 Å². The average molecular weight is 431 g/mol. The molecule has 156 valence electrons. The fraction of sp³-hybridized carbons (Fsp3) is 0.632. The van der Waals surface area contributed by atoms with E-state index in [1.165, 1.54) is 0 Å². The van der Waals surface area contributed by atoms with Gasteiger partial charge in [0.15, 0.2) is 6.10 Å². The Morgan fingerprint density at radius 3 is 2.64 bits per heavy atom. The van der Waals surface area contributed by atoms with E-state index in [2.05, 4.69) is 22.5 Å². The van der Waals surface area contributed by atoms with Crippen LogP contribution in [0.2, 0.25) is 0 Å². The number of carbonyl (C=O) groups is 2. The molecule has 0 spiro atoms. The van der Waals surface area contributed by atoms with Crippen LogP contribution in [0.1, 0.15) is 44.2 Å². The lowest BCUT2D eigenvalue weighted by Gasteiger charge is -2.42. The summed E-state index contributed by atoms with van der Waals surface area (Å²) in [5.41, 5.74) is 0.611. The predicted octanol–water partition coefficient (Wildman–Crippen LogP) is 1.61. The van der Waals surface area contributed by atoms with Crippen LogP contribution in [0.3, 0.4) is 0 Å². The van der Waals surface area contributed by atoms with Crippen molar-refractivity contribution in [2.75, 3.05) is 19.7 Å². The Balaban J connectivity index is 0.00000140. The Labute approximate surface area is 177 Å². The first kappa shape index (κ1) is 22.9. The Morgan fingerprint density at radius 2 is 2.04 bits per heavy atom. The van der Waals surface area contributed by atoms with E-state index in [0.717, 1.165) is 44.3 Å². The van der Waals surface area contributed by atoms with Crippen LogP contribution >= 0.6 is 24.8 Å². The molecule has 28 heavy (non-hydrogen) atoms. The first-order valence-corrected chi connectivity index (χ1v) is 9.43. The van der Waals surface area contributed by atoms with E-state index in [9.17, 15) is 9.59 Å². The molecule has 2 N–H and O–H groups in total. The van der Waals surface area contributed by atoms with Crippen LogP contribution in [0.5, 0.6) is 0 Å². The van der Waals surface area contributed by atoms with Gasteiger partial charge >= 0.3 is 0 Å². The summed E-state index contributed by atoms with van der Waals surface area (Å²) in [7, 11) is 0. The summed E-state index contributed by atoms with van der Waals surface area (Å²) in [6.45, 7) is 3.82. The summed E-state index contributed by atoms with van der Waals surface area (Å²) in [4.78, 5) is 31.7. The van der Waals surface area contributed by atoms with Gasteiger partial charge in [-0.3, -0.25) is 14.6 Å². The van der Waals surface area contributed by atoms with Crippen molar-refractivity contribution in [1.82, 2.24) is 20.5 Å². The maximum Gasteiger partial charge on any atom is 0.252 e. The van der Waals surface area contributed by atoms with Crippen LogP contribution < -0.4 is 10.6 Å². The van der Waals surface area contributed by atoms with Crippen LogP contribution in [-0.2, 0) is 14.3 Å². The zero-order valence-corrected chi connectivity index (χ0v) is 17.6. The topological polar surface area (TPSA) is 83.6 Å². The lowest BCUT2D eigenvalue weighted by atomic mass is 9.89. The second kappa shape index (κ2) is 9.39. The molecule has 0 bridgehead atoms. The molecule has 1 aliphatic carbocycles.